The van der Waals surface area contributed by atoms with E-state index in [9.17, 15) is 0 Å². The van der Waals surface area contributed by atoms with E-state index in [-0.39, 0.29) is 6.61 Å². The zero-order valence-electron chi connectivity index (χ0n) is 10.4. The molecule has 18 heavy (non-hydrogen) atoms. The van der Waals surface area contributed by atoms with Gasteiger partial charge in [0, 0.05) is 5.69 Å². The summed E-state index contributed by atoms with van der Waals surface area (Å²) in [6, 6.07) is 13.8. The average molecular weight is 239 g/mol. The number of hydrogen-bond donors (Lipinski definition) is 2. The number of aryl methyl sites for hydroxylation is 1. The molecule has 0 amide bonds. The number of benzene rings is 2. The van der Waals surface area contributed by atoms with Gasteiger partial charge in [-0.25, -0.2) is 0 Å². The van der Waals surface area contributed by atoms with E-state index in [1.54, 1.807) is 0 Å². The van der Waals surface area contributed by atoms with Crippen LogP contribution in [0.2, 0.25) is 0 Å². The lowest BCUT2D eigenvalue weighted by atomic mass is 10.1. The van der Waals surface area contributed by atoms with Gasteiger partial charge in [-0.15, -0.1) is 0 Å². The van der Waals surface area contributed by atoms with Crippen LogP contribution in [0.5, 0.6) is 0 Å². The monoisotopic (exact) mass is 239 g/mol. The van der Waals surface area contributed by atoms with Gasteiger partial charge in [0.2, 0.25) is 0 Å². The van der Waals surface area contributed by atoms with Gasteiger partial charge in [-0.2, -0.15) is 0 Å². The number of hydrogen-bond acceptors (Lipinski definition) is 2. The molecule has 0 unspecified atom stereocenters. The van der Waals surface area contributed by atoms with Crippen LogP contribution in [0.3, 0.4) is 0 Å². The van der Waals surface area contributed by atoms with Crippen molar-refractivity contribution in [3.8, 4) is 0 Å². The van der Waals surface area contributed by atoms with Crippen LogP contribution in [-0.2, 0) is 6.61 Å². The van der Waals surface area contributed by atoms with Gasteiger partial charge in [-0.1, -0.05) is 36.4 Å². The van der Waals surface area contributed by atoms with E-state index in [1.807, 2.05) is 55.5 Å². The van der Waals surface area contributed by atoms with Gasteiger partial charge in [0.05, 0.1) is 6.61 Å². The standard InChI is InChI=1S/C16H17NO/c1-12-9-14(7-8-16(12)17)6-5-13-3-2-4-15(10-13)11-18/h2-10,18H,11,17H2,1H3/b6-5+. The molecule has 0 aliphatic carbocycles. The molecule has 0 aliphatic rings. The molecular weight excluding hydrogens is 222 g/mol. The first-order valence-electron chi connectivity index (χ1n) is 5.93. The lowest BCUT2D eigenvalue weighted by molar-refractivity contribution is 0.282. The van der Waals surface area contributed by atoms with Crippen LogP contribution in [0.1, 0.15) is 22.3 Å². The second-order valence-electron chi connectivity index (χ2n) is 4.35. The van der Waals surface area contributed by atoms with Crippen LogP contribution in [0.25, 0.3) is 12.2 Å². The highest BCUT2D eigenvalue weighted by Gasteiger charge is 1.94. The quantitative estimate of drug-likeness (QED) is 0.638. The number of anilines is 1. The summed E-state index contributed by atoms with van der Waals surface area (Å²) in [5.41, 5.74) is 10.8. The molecule has 2 heteroatoms. The van der Waals surface area contributed by atoms with Crippen LogP contribution in [-0.4, -0.2) is 5.11 Å². The van der Waals surface area contributed by atoms with Crippen molar-refractivity contribution < 1.29 is 5.11 Å². The van der Waals surface area contributed by atoms with E-state index >= 15 is 0 Å². The second kappa shape index (κ2) is 5.52. The number of aliphatic hydroxyl groups excluding tert-OH is 1. The van der Waals surface area contributed by atoms with Crippen molar-refractivity contribution in [1.29, 1.82) is 0 Å². The first kappa shape index (κ1) is 12.4. The summed E-state index contributed by atoms with van der Waals surface area (Å²) in [7, 11) is 0. The topological polar surface area (TPSA) is 46.2 Å². The molecule has 0 fully saturated rings. The lowest BCUT2D eigenvalue weighted by Crippen LogP contribution is -1.88. The Kier molecular flexibility index (Phi) is 3.80. The summed E-state index contributed by atoms with van der Waals surface area (Å²) in [5.74, 6) is 0. The van der Waals surface area contributed by atoms with Gasteiger partial charge < -0.3 is 10.8 Å². The zero-order valence-corrected chi connectivity index (χ0v) is 10.4. The maximum atomic E-state index is 9.08. The third kappa shape index (κ3) is 2.99. The van der Waals surface area contributed by atoms with Gasteiger partial charge in [-0.3, -0.25) is 0 Å². The lowest BCUT2D eigenvalue weighted by Gasteiger charge is -2.01. The molecule has 0 aromatic heterocycles. The molecule has 2 nitrogen and oxygen atoms in total. The fraction of sp³-hybridized carbons (Fsp3) is 0.125. The van der Waals surface area contributed by atoms with Gasteiger partial charge >= 0.3 is 0 Å². The summed E-state index contributed by atoms with van der Waals surface area (Å²) in [4.78, 5) is 0. The number of aliphatic hydroxyl groups is 1. The molecular formula is C16H17NO. The Balaban J connectivity index is 2.21. The molecule has 2 aromatic rings. The summed E-state index contributed by atoms with van der Waals surface area (Å²) in [6.45, 7) is 2.07. The predicted octanol–water partition coefficient (Wildman–Crippen LogP) is 3.24. The van der Waals surface area contributed by atoms with Crippen molar-refractivity contribution in [2.75, 3.05) is 5.73 Å². The Hall–Kier alpha value is -2.06. The second-order valence-corrected chi connectivity index (χ2v) is 4.35. The molecule has 0 atom stereocenters. The van der Waals surface area contributed by atoms with Crippen molar-refractivity contribution in [3.63, 3.8) is 0 Å². The largest absolute Gasteiger partial charge is 0.399 e. The smallest absolute Gasteiger partial charge is 0.0682 e. The fourth-order valence-corrected chi connectivity index (χ4v) is 1.79. The van der Waals surface area contributed by atoms with E-state index in [4.69, 9.17) is 10.8 Å². The third-order valence-electron chi connectivity index (χ3n) is 2.90. The Morgan fingerprint density at radius 3 is 2.44 bits per heavy atom. The Morgan fingerprint density at radius 2 is 1.78 bits per heavy atom. The maximum absolute atomic E-state index is 9.08. The van der Waals surface area contributed by atoms with E-state index in [0.29, 0.717) is 0 Å². The molecule has 0 bridgehead atoms. The van der Waals surface area contributed by atoms with E-state index < -0.39 is 0 Å². The Bertz CT molecular complexity index is 573. The van der Waals surface area contributed by atoms with Crippen LogP contribution in [0.4, 0.5) is 5.69 Å². The van der Waals surface area contributed by atoms with Crippen LogP contribution in [0, 0.1) is 6.92 Å². The molecule has 0 aliphatic heterocycles. The predicted molar refractivity (Wildman–Crippen MR) is 76.9 cm³/mol. The van der Waals surface area contributed by atoms with Crippen LogP contribution < -0.4 is 5.73 Å². The Morgan fingerprint density at radius 1 is 1.06 bits per heavy atom. The molecule has 0 saturated heterocycles. The van der Waals surface area contributed by atoms with Gasteiger partial charge in [-0.05, 0) is 47.4 Å². The number of nitrogens with two attached hydrogens (primary N) is 1. The highest BCUT2D eigenvalue weighted by Crippen LogP contribution is 2.15. The van der Waals surface area contributed by atoms with Crippen LogP contribution in [0.15, 0.2) is 42.5 Å². The molecule has 92 valence electrons. The van der Waals surface area contributed by atoms with Crippen molar-refractivity contribution in [2.24, 2.45) is 0 Å². The SMILES string of the molecule is Cc1cc(/C=C/c2cccc(CO)c2)ccc1N. The molecule has 3 N–H and O–H groups in total. The first-order chi connectivity index (χ1) is 8.69. The maximum Gasteiger partial charge on any atom is 0.0682 e. The average Bonchev–Trinajstić information content (AvgIpc) is 2.40. The van der Waals surface area contributed by atoms with Gasteiger partial charge in [0.15, 0.2) is 0 Å². The summed E-state index contributed by atoms with van der Waals surface area (Å²) in [6.07, 6.45) is 4.08. The molecule has 2 aromatic carbocycles. The van der Waals surface area contributed by atoms with Crippen molar-refractivity contribution >= 4 is 17.8 Å². The van der Waals surface area contributed by atoms with Crippen molar-refractivity contribution in [3.05, 3.63) is 64.7 Å². The summed E-state index contributed by atoms with van der Waals surface area (Å²) in [5, 5.41) is 9.08. The van der Waals surface area contributed by atoms with E-state index in [0.717, 1.165) is 27.9 Å². The number of nitrogen functional groups attached to an aromatic ring is 1. The molecule has 0 saturated carbocycles. The minimum Gasteiger partial charge on any atom is -0.399 e. The Labute approximate surface area is 107 Å². The van der Waals surface area contributed by atoms with E-state index in [1.165, 1.54) is 0 Å². The fourth-order valence-electron chi connectivity index (χ4n) is 1.79. The van der Waals surface area contributed by atoms with Gasteiger partial charge in [0.25, 0.3) is 0 Å². The van der Waals surface area contributed by atoms with Crippen LogP contribution >= 0.6 is 0 Å². The third-order valence-corrected chi connectivity index (χ3v) is 2.90. The normalized spacial score (nSPS) is 11.0. The summed E-state index contributed by atoms with van der Waals surface area (Å²) >= 11 is 0. The summed E-state index contributed by atoms with van der Waals surface area (Å²) < 4.78 is 0. The molecule has 2 rings (SSSR count). The highest BCUT2D eigenvalue weighted by molar-refractivity contribution is 5.71. The zero-order chi connectivity index (χ0) is 13.0. The van der Waals surface area contributed by atoms with Crippen molar-refractivity contribution in [1.82, 2.24) is 0 Å². The van der Waals surface area contributed by atoms with Crippen molar-refractivity contribution in [2.45, 2.75) is 13.5 Å². The van der Waals surface area contributed by atoms with Gasteiger partial charge in [0.1, 0.15) is 0 Å². The minimum atomic E-state index is 0.0721. The molecule has 0 heterocycles. The minimum absolute atomic E-state index is 0.0721. The molecule has 0 radical (unpaired) electrons. The van der Waals surface area contributed by atoms with E-state index in [2.05, 4.69) is 6.07 Å². The first-order valence-corrected chi connectivity index (χ1v) is 5.93. The highest BCUT2D eigenvalue weighted by atomic mass is 16.3. The molecule has 0 spiro atoms. The number of rotatable bonds is 3.